The van der Waals surface area contributed by atoms with Crippen LogP contribution in [0.5, 0.6) is 5.75 Å². The van der Waals surface area contributed by atoms with E-state index < -0.39 is 12.1 Å². The number of rotatable bonds is 5. The van der Waals surface area contributed by atoms with Crippen LogP contribution < -0.4 is 10.3 Å². The number of carbonyl (C=O) groups excluding carboxylic acids is 1. The molecule has 0 fully saturated rings. The van der Waals surface area contributed by atoms with E-state index >= 15 is 0 Å². The molecule has 6 nitrogen and oxygen atoms in total. The molecule has 1 aromatic carbocycles. The average molecular weight is 387 g/mol. The lowest BCUT2D eigenvalue weighted by atomic mass is 10.2. The molecule has 0 amide bonds. The maximum absolute atomic E-state index is 12.2. The molecule has 1 atom stereocenters. The average Bonchev–Trinajstić information content (AvgIpc) is 2.61. The Morgan fingerprint density at radius 1 is 1.22 bits per heavy atom. The second-order valence-corrected chi connectivity index (χ2v) is 6.73. The van der Waals surface area contributed by atoms with Gasteiger partial charge in [0.15, 0.2) is 6.10 Å². The second kappa shape index (κ2) is 7.80. The van der Waals surface area contributed by atoms with Gasteiger partial charge in [0.05, 0.1) is 5.69 Å². The van der Waals surface area contributed by atoms with Gasteiger partial charge in [-0.05, 0) is 62.2 Å². The Balaban J connectivity index is 1.68. The number of pyridine rings is 1. The third-order valence-electron chi connectivity index (χ3n) is 4.01. The van der Waals surface area contributed by atoms with Gasteiger partial charge >= 0.3 is 5.97 Å². The zero-order chi connectivity index (χ0) is 19.6. The number of fused-ring (bicyclic) bond motifs is 1. The minimum Gasteiger partial charge on any atom is -0.479 e. The van der Waals surface area contributed by atoms with E-state index in [9.17, 15) is 9.59 Å². The molecule has 3 aromatic rings. The summed E-state index contributed by atoms with van der Waals surface area (Å²) in [4.78, 5) is 28.7. The first-order valence-corrected chi connectivity index (χ1v) is 8.79. The third-order valence-corrected chi connectivity index (χ3v) is 4.25. The minimum atomic E-state index is -0.811. The predicted molar refractivity (Wildman–Crippen MR) is 102 cm³/mol. The fourth-order valence-corrected chi connectivity index (χ4v) is 2.80. The summed E-state index contributed by atoms with van der Waals surface area (Å²) in [6, 6.07) is 10.1. The molecule has 0 aliphatic heterocycles. The fourth-order valence-electron chi connectivity index (χ4n) is 2.57. The van der Waals surface area contributed by atoms with Crippen LogP contribution in [0.1, 0.15) is 23.7 Å². The molecular formula is C20H19ClN2O4. The smallest absolute Gasteiger partial charge is 0.347 e. The van der Waals surface area contributed by atoms with E-state index in [2.05, 4.69) is 4.98 Å². The van der Waals surface area contributed by atoms with Crippen LogP contribution in [0.25, 0.3) is 5.65 Å². The molecule has 0 saturated heterocycles. The van der Waals surface area contributed by atoms with E-state index in [4.69, 9.17) is 21.1 Å². The monoisotopic (exact) mass is 386 g/mol. The molecule has 0 saturated carbocycles. The number of carbonyl (C=O) groups is 1. The van der Waals surface area contributed by atoms with Crippen molar-refractivity contribution in [3.05, 3.63) is 74.8 Å². The van der Waals surface area contributed by atoms with Gasteiger partial charge in [0.25, 0.3) is 5.56 Å². The first kappa shape index (κ1) is 18.9. The summed E-state index contributed by atoms with van der Waals surface area (Å²) in [5.41, 5.74) is 2.47. The number of nitrogens with zero attached hydrogens (tertiary/aromatic N) is 2. The van der Waals surface area contributed by atoms with E-state index in [1.54, 1.807) is 37.4 Å². The van der Waals surface area contributed by atoms with Crippen molar-refractivity contribution in [2.75, 3.05) is 0 Å². The molecule has 0 spiro atoms. The standard InChI is InChI=1S/C20H19ClN2O4/c1-12-6-7-23-18(8-12)22-16(10-19(23)24)11-26-20(25)14(3)27-17-5-4-15(21)9-13(17)2/h4-10,14H,11H2,1-3H3. The molecule has 2 heterocycles. The molecule has 7 heteroatoms. The molecule has 27 heavy (non-hydrogen) atoms. The van der Waals surface area contributed by atoms with Crippen LogP contribution in [-0.2, 0) is 16.1 Å². The van der Waals surface area contributed by atoms with Crippen molar-refractivity contribution in [2.45, 2.75) is 33.5 Å². The highest BCUT2D eigenvalue weighted by Gasteiger charge is 2.18. The SMILES string of the molecule is Cc1ccn2c(=O)cc(COC(=O)C(C)Oc3ccc(Cl)cc3C)nc2c1. The van der Waals surface area contributed by atoms with Gasteiger partial charge in [-0.2, -0.15) is 0 Å². The second-order valence-electron chi connectivity index (χ2n) is 6.30. The molecule has 0 N–H and O–H groups in total. The number of halogens is 1. The van der Waals surface area contributed by atoms with Crippen LogP contribution in [0.4, 0.5) is 0 Å². The van der Waals surface area contributed by atoms with Crippen LogP contribution in [0.3, 0.4) is 0 Å². The summed E-state index contributed by atoms with van der Waals surface area (Å²) in [6.07, 6.45) is 0.855. The lowest BCUT2D eigenvalue weighted by molar-refractivity contribution is -0.152. The first-order valence-electron chi connectivity index (χ1n) is 8.42. The Bertz CT molecular complexity index is 1060. The lowest BCUT2D eigenvalue weighted by Gasteiger charge is -2.15. The molecule has 0 radical (unpaired) electrons. The summed E-state index contributed by atoms with van der Waals surface area (Å²) < 4.78 is 12.3. The van der Waals surface area contributed by atoms with Crippen LogP contribution in [0.2, 0.25) is 5.02 Å². The van der Waals surface area contributed by atoms with E-state index in [1.807, 2.05) is 19.9 Å². The van der Waals surface area contributed by atoms with Gasteiger partial charge < -0.3 is 9.47 Å². The maximum Gasteiger partial charge on any atom is 0.347 e. The zero-order valence-electron chi connectivity index (χ0n) is 15.2. The first-order chi connectivity index (χ1) is 12.8. The summed E-state index contributed by atoms with van der Waals surface area (Å²) in [5.74, 6) is 0.0111. The number of benzene rings is 1. The Labute approximate surface area is 161 Å². The summed E-state index contributed by atoms with van der Waals surface area (Å²) in [7, 11) is 0. The van der Waals surface area contributed by atoms with Gasteiger partial charge in [0.2, 0.25) is 0 Å². The van der Waals surface area contributed by atoms with Crippen molar-refractivity contribution in [1.29, 1.82) is 0 Å². The largest absolute Gasteiger partial charge is 0.479 e. The van der Waals surface area contributed by atoms with Crippen molar-refractivity contribution >= 4 is 23.2 Å². The summed E-state index contributed by atoms with van der Waals surface area (Å²) >= 11 is 5.92. The number of hydrogen-bond donors (Lipinski definition) is 0. The van der Waals surface area contributed by atoms with Crippen molar-refractivity contribution in [3.63, 3.8) is 0 Å². The van der Waals surface area contributed by atoms with E-state index in [1.165, 1.54) is 10.5 Å². The number of ether oxygens (including phenoxy) is 2. The van der Waals surface area contributed by atoms with Crippen molar-refractivity contribution in [3.8, 4) is 5.75 Å². The fraction of sp³-hybridized carbons (Fsp3) is 0.250. The lowest BCUT2D eigenvalue weighted by Crippen LogP contribution is -2.26. The van der Waals surface area contributed by atoms with E-state index in [-0.39, 0.29) is 12.2 Å². The van der Waals surface area contributed by atoms with Crippen LogP contribution in [0.15, 0.2) is 47.4 Å². The third kappa shape index (κ3) is 4.46. The predicted octanol–water partition coefficient (Wildman–Crippen LogP) is 3.48. The number of aromatic nitrogens is 2. The maximum atomic E-state index is 12.2. The van der Waals surface area contributed by atoms with E-state index in [0.717, 1.165) is 11.1 Å². The Morgan fingerprint density at radius 3 is 2.74 bits per heavy atom. The van der Waals surface area contributed by atoms with Crippen molar-refractivity contribution in [1.82, 2.24) is 9.38 Å². The van der Waals surface area contributed by atoms with Crippen LogP contribution in [0, 0.1) is 13.8 Å². The Kier molecular flexibility index (Phi) is 5.46. The molecule has 140 valence electrons. The molecule has 3 rings (SSSR count). The number of aryl methyl sites for hydroxylation is 2. The van der Waals surface area contributed by atoms with Gasteiger partial charge in [0, 0.05) is 17.3 Å². The van der Waals surface area contributed by atoms with Crippen LogP contribution in [-0.4, -0.2) is 21.5 Å². The van der Waals surface area contributed by atoms with Gasteiger partial charge in [-0.25, -0.2) is 9.78 Å². The number of esters is 1. The minimum absolute atomic E-state index is 0.105. The highest BCUT2D eigenvalue weighted by atomic mass is 35.5. The zero-order valence-corrected chi connectivity index (χ0v) is 16.0. The number of hydrogen-bond acceptors (Lipinski definition) is 5. The summed E-state index contributed by atoms with van der Waals surface area (Å²) in [5, 5.41) is 0.596. The molecule has 2 aromatic heterocycles. The highest BCUT2D eigenvalue weighted by molar-refractivity contribution is 6.30. The van der Waals surface area contributed by atoms with E-state index in [0.29, 0.717) is 22.1 Å². The van der Waals surface area contributed by atoms with Gasteiger partial charge in [-0.15, -0.1) is 0 Å². The Hall–Kier alpha value is -2.86. The van der Waals surface area contributed by atoms with Crippen molar-refractivity contribution < 1.29 is 14.3 Å². The van der Waals surface area contributed by atoms with Gasteiger partial charge in [-0.1, -0.05) is 11.6 Å². The molecule has 0 aliphatic carbocycles. The molecule has 1 unspecified atom stereocenters. The van der Waals surface area contributed by atoms with Crippen LogP contribution >= 0.6 is 11.6 Å². The Morgan fingerprint density at radius 2 is 2.00 bits per heavy atom. The molecule has 0 aliphatic rings. The highest BCUT2D eigenvalue weighted by Crippen LogP contribution is 2.23. The van der Waals surface area contributed by atoms with Crippen molar-refractivity contribution in [2.24, 2.45) is 0 Å². The summed E-state index contributed by atoms with van der Waals surface area (Å²) in [6.45, 7) is 5.25. The molecular weight excluding hydrogens is 368 g/mol. The van der Waals surface area contributed by atoms with Gasteiger partial charge in [0.1, 0.15) is 18.0 Å². The normalized spacial score (nSPS) is 12.0. The van der Waals surface area contributed by atoms with Gasteiger partial charge in [-0.3, -0.25) is 9.20 Å². The molecule has 0 bridgehead atoms. The quantitative estimate of drug-likeness (QED) is 0.628. The topological polar surface area (TPSA) is 69.9 Å².